The molecule has 1 unspecified atom stereocenters. The van der Waals surface area contributed by atoms with Crippen molar-refractivity contribution in [3.8, 4) is 5.75 Å². The Hall–Kier alpha value is -1.06. The van der Waals surface area contributed by atoms with Crippen LogP contribution >= 0.6 is 0 Å². The molecule has 1 N–H and O–H groups in total. The minimum atomic E-state index is 0.268. The molecule has 1 heterocycles. The number of hydrogen-bond donors (Lipinski definition) is 1. The zero-order valence-corrected chi connectivity index (χ0v) is 9.72. The highest BCUT2D eigenvalue weighted by atomic mass is 16.5. The van der Waals surface area contributed by atoms with E-state index < -0.39 is 0 Å². The Morgan fingerprint density at radius 3 is 3.12 bits per heavy atom. The van der Waals surface area contributed by atoms with E-state index >= 15 is 0 Å². The highest BCUT2D eigenvalue weighted by Crippen LogP contribution is 2.21. The summed E-state index contributed by atoms with van der Waals surface area (Å²) in [4.78, 5) is 2.34. The van der Waals surface area contributed by atoms with Crippen LogP contribution < -0.4 is 4.74 Å². The third-order valence-electron chi connectivity index (χ3n) is 3.23. The Morgan fingerprint density at radius 2 is 2.38 bits per heavy atom. The minimum absolute atomic E-state index is 0.268. The number of aliphatic hydroxyl groups is 1. The summed E-state index contributed by atoms with van der Waals surface area (Å²) in [6.07, 6.45) is 2.30. The zero-order chi connectivity index (χ0) is 11.4. The van der Waals surface area contributed by atoms with Crippen LogP contribution in [0.25, 0.3) is 0 Å². The second-order valence-electron chi connectivity index (χ2n) is 4.30. The number of aliphatic hydroxyl groups excluding tert-OH is 1. The number of nitrogens with zero attached hydrogens (tertiary/aromatic N) is 1. The van der Waals surface area contributed by atoms with Crippen molar-refractivity contribution in [3.05, 3.63) is 29.8 Å². The average Bonchev–Trinajstić information content (AvgIpc) is 2.76. The van der Waals surface area contributed by atoms with E-state index in [2.05, 4.69) is 17.0 Å². The largest absolute Gasteiger partial charge is 0.497 e. The van der Waals surface area contributed by atoms with Gasteiger partial charge >= 0.3 is 0 Å². The predicted octanol–water partition coefficient (Wildman–Crippen LogP) is 1.65. The second kappa shape index (κ2) is 5.32. The molecule has 3 nitrogen and oxygen atoms in total. The van der Waals surface area contributed by atoms with E-state index in [-0.39, 0.29) is 6.61 Å². The molecule has 0 aromatic heterocycles. The summed E-state index contributed by atoms with van der Waals surface area (Å²) in [6, 6.07) is 8.48. The van der Waals surface area contributed by atoms with Gasteiger partial charge in [0, 0.05) is 12.6 Å². The van der Waals surface area contributed by atoms with Crippen LogP contribution in [0, 0.1) is 0 Å². The van der Waals surface area contributed by atoms with Gasteiger partial charge in [-0.05, 0) is 37.1 Å². The number of methoxy groups -OCH3 is 1. The highest BCUT2D eigenvalue weighted by Gasteiger charge is 2.23. The Bertz CT molecular complexity index is 340. The number of ether oxygens (including phenoxy) is 1. The molecule has 1 saturated heterocycles. The molecule has 0 aliphatic carbocycles. The van der Waals surface area contributed by atoms with Gasteiger partial charge in [-0.2, -0.15) is 0 Å². The zero-order valence-electron chi connectivity index (χ0n) is 9.72. The van der Waals surface area contributed by atoms with Gasteiger partial charge in [0.25, 0.3) is 0 Å². The van der Waals surface area contributed by atoms with Crippen molar-refractivity contribution >= 4 is 0 Å². The van der Waals surface area contributed by atoms with Crippen molar-refractivity contribution < 1.29 is 9.84 Å². The van der Waals surface area contributed by atoms with E-state index in [1.165, 1.54) is 12.0 Å². The quantitative estimate of drug-likeness (QED) is 0.839. The first-order chi connectivity index (χ1) is 7.83. The monoisotopic (exact) mass is 221 g/mol. The van der Waals surface area contributed by atoms with Gasteiger partial charge < -0.3 is 9.84 Å². The van der Waals surface area contributed by atoms with E-state index in [4.69, 9.17) is 4.74 Å². The molecule has 0 amide bonds. The SMILES string of the molecule is COc1cccc(CN2CCCC2CO)c1. The maximum atomic E-state index is 9.25. The van der Waals surface area contributed by atoms with Gasteiger partial charge in [0.15, 0.2) is 0 Å². The van der Waals surface area contributed by atoms with Crippen LogP contribution in [0.15, 0.2) is 24.3 Å². The molecule has 2 rings (SSSR count). The molecule has 0 bridgehead atoms. The van der Waals surface area contributed by atoms with Crippen LogP contribution in [0.3, 0.4) is 0 Å². The summed E-state index contributed by atoms with van der Waals surface area (Å²) in [7, 11) is 1.69. The Balaban J connectivity index is 2.02. The standard InChI is InChI=1S/C13H19NO2/c1-16-13-6-2-4-11(8-13)9-14-7-3-5-12(14)10-15/h2,4,6,8,12,15H,3,5,7,9-10H2,1H3. The Morgan fingerprint density at radius 1 is 1.50 bits per heavy atom. The number of hydrogen-bond acceptors (Lipinski definition) is 3. The van der Waals surface area contributed by atoms with Gasteiger partial charge in [-0.25, -0.2) is 0 Å². The summed E-state index contributed by atoms with van der Waals surface area (Å²) >= 11 is 0. The molecule has 16 heavy (non-hydrogen) atoms. The molecular weight excluding hydrogens is 202 g/mol. The molecule has 1 fully saturated rings. The maximum absolute atomic E-state index is 9.25. The maximum Gasteiger partial charge on any atom is 0.119 e. The molecule has 1 atom stereocenters. The van der Waals surface area contributed by atoms with Crippen LogP contribution in [0.1, 0.15) is 18.4 Å². The predicted molar refractivity (Wildman–Crippen MR) is 63.5 cm³/mol. The Kier molecular flexibility index (Phi) is 3.80. The lowest BCUT2D eigenvalue weighted by Crippen LogP contribution is -2.31. The molecule has 1 aromatic rings. The molecule has 1 aliphatic rings. The van der Waals surface area contributed by atoms with Crippen molar-refractivity contribution in [2.24, 2.45) is 0 Å². The molecule has 88 valence electrons. The summed E-state index contributed by atoms with van der Waals surface area (Å²) in [5, 5.41) is 9.25. The Labute approximate surface area is 96.6 Å². The van der Waals surface area contributed by atoms with Crippen LogP contribution in [-0.2, 0) is 6.54 Å². The first-order valence-corrected chi connectivity index (χ1v) is 5.81. The number of rotatable bonds is 4. The molecule has 1 aromatic carbocycles. The van der Waals surface area contributed by atoms with Gasteiger partial charge in [0.05, 0.1) is 13.7 Å². The van der Waals surface area contributed by atoms with E-state index in [1.54, 1.807) is 7.11 Å². The van der Waals surface area contributed by atoms with Crippen LogP contribution in [0.5, 0.6) is 5.75 Å². The number of likely N-dealkylation sites (tertiary alicyclic amines) is 1. The van der Waals surface area contributed by atoms with Gasteiger partial charge in [0.2, 0.25) is 0 Å². The fraction of sp³-hybridized carbons (Fsp3) is 0.538. The van der Waals surface area contributed by atoms with Crippen LogP contribution in [0.2, 0.25) is 0 Å². The van der Waals surface area contributed by atoms with E-state index in [1.807, 2.05) is 12.1 Å². The van der Waals surface area contributed by atoms with Crippen LogP contribution in [0.4, 0.5) is 0 Å². The summed E-state index contributed by atoms with van der Waals surface area (Å²) in [5.74, 6) is 0.900. The van der Waals surface area contributed by atoms with Gasteiger partial charge in [0.1, 0.15) is 5.75 Å². The fourth-order valence-electron chi connectivity index (χ4n) is 2.32. The van der Waals surface area contributed by atoms with Crippen LogP contribution in [-0.4, -0.2) is 36.3 Å². The summed E-state index contributed by atoms with van der Waals surface area (Å²) in [6.45, 7) is 2.26. The first kappa shape index (κ1) is 11.4. The molecule has 0 saturated carbocycles. The molecule has 3 heteroatoms. The summed E-state index contributed by atoms with van der Waals surface area (Å²) < 4.78 is 5.20. The minimum Gasteiger partial charge on any atom is -0.497 e. The second-order valence-corrected chi connectivity index (χ2v) is 4.30. The fourth-order valence-corrected chi connectivity index (χ4v) is 2.32. The summed E-state index contributed by atoms with van der Waals surface area (Å²) in [5.41, 5.74) is 1.25. The van der Waals surface area contributed by atoms with E-state index in [0.717, 1.165) is 25.3 Å². The van der Waals surface area contributed by atoms with Crippen molar-refractivity contribution in [1.29, 1.82) is 0 Å². The van der Waals surface area contributed by atoms with Gasteiger partial charge in [-0.3, -0.25) is 4.90 Å². The highest BCUT2D eigenvalue weighted by molar-refractivity contribution is 5.28. The molecule has 1 aliphatic heterocycles. The van der Waals surface area contributed by atoms with Crippen molar-refractivity contribution in [2.75, 3.05) is 20.3 Å². The molecule has 0 radical (unpaired) electrons. The lowest BCUT2D eigenvalue weighted by Gasteiger charge is -2.22. The third-order valence-corrected chi connectivity index (χ3v) is 3.23. The average molecular weight is 221 g/mol. The van der Waals surface area contributed by atoms with Crippen molar-refractivity contribution in [3.63, 3.8) is 0 Å². The third kappa shape index (κ3) is 2.54. The lowest BCUT2D eigenvalue weighted by molar-refractivity contribution is 0.153. The first-order valence-electron chi connectivity index (χ1n) is 5.81. The lowest BCUT2D eigenvalue weighted by atomic mass is 10.2. The van der Waals surface area contributed by atoms with E-state index in [9.17, 15) is 5.11 Å². The van der Waals surface area contributed by atoms with Gasteiger partial charge in [-0.15, -0.1) is 0 Å². The molecule has 0 spiro atoms. The van der Waals surface area contributed by atoms with Crippen molar-refractivity contribution in [1.82, 2.24) is 4.90 Å². The topological polar surface area (TPSA) is 32.7 Å². The van der Waals surface area contributed by atoms with E-state index in [0.29, 0.717) is 6.04 Å². The number of benzene rings is 1. The molecular formula is C13H19NO2. The normalized spacial score (nSPS) is 21.2. The van der Waals surface area contributed by atoms with Gasteiger partial charge in [-0.1, -0.05) is 12.1 Å². The smallest absolute Gasteiger partial charge is 0.119 e. The van der Waals surface area contributed by atoms with Crippen molar-refractivity contribution in [2.45, 2.75) is 25.4 Å².